The van der Waals surface area contributed by atoms with Gasteiger partial charge in [0, 0.05) is 25.2 Å². The van der Waals surface area contributed by atoms with Crippen LogP contribution in [0.5, 0.6) is 0 Å². The highest BCUT2D eigenvalue weighted by Crippen LogP contribution is 2.18. The fourth-order valence-electron chi connectivity index (χ4n) is 2.52. The van der Waals surface area contributed by atoms with Gasteiger partial charge in [-0.3, -0.25) is 4.79 Å². The van der Waals surface area contributed by atoms with Gasteiger partial charge in [0.25, 0.3) is 0 Å². The van der Waals surface area contributed by atoms with Gasteiger partial charge in [0.1, 0.15) is 5.82 Å². The van der Waals surface area contributed by atoms with Crippen molar-refractivity contribution in [2.24, 2.45) is 5.92 Å². The summed E-state index contributed by atoms with van der Waals surface area (Å²) in [7, 11) is 0. The number of aromatic nitrogens is 1. The number of amides is 1. The second kappa shape index (κ2) is 7.01. The molecule has 5 heteroatoms. The van der Waals surface area contributed by atoms with Crippen LogP contribution in [-0.4, -0.2) is 35.4 Å². The van der Waals surface area contributed by atoms with E-state index in [9.17, 15) is 4.79 Å². The number of hydrogen-bond donors (Lipinski definition) is 1. The van der Waals surface area contributed by atoms with Gasteiger partial charge in [0.15, 0.2) is 0 Å². The number of piperidine rings is 1. The lowest BCUT2D eigenvalue weighted by Gasteiger charge is -2.31. The molecule has 106 valence electrons. The van der Waals surface area contributed by atoms with E-state index in [0.29, 0.717) is 12.2 Å². The van der Waals surface area contributed by atoms with Gasteiger partial charge < -0.3 is 10.2 Å². The minimum Gasteiger partial charge on any atom is -0.310 e. The van der Waals surface area contributed by atoms with E-state index >= 15 is 0 Å². The number of nitrogens with zero attached hydrogens (tertiary/aromatic N) is 3. The molecule has 1 atom stereocenters. The summed E-state index contributed by atoms with van der Waals surface area (Å²) in [6, 6.07) is 7.75. The smallest absolute Gasteiger partial charge is 0.229 e. The second-order valence-electron chi connectivity index (χ2n) is 5.20. The number of nitrogens with one attached hydrogen (secondary N) is 1. The predicted molar refractivity (Wildman–Crippen MR) is 77.0 cm³/mol. The van der Waals surface area contributed by atoms with Crippen molar-refractivity contribution in [1.29, 1.82) is 5.26 Å². The van der Waals surface area contributed by atoms with Crippen molar-refractivity contribution >= 4 is 11.7 Å². The molecule has 0 radical (unpaired) electrons. The van der Waals surface area contributed by atoms with E-state index in [1.807, 2.05) is 19.1 Å². The third-order valence-electron chi connectivity index (χ3n) is 3.56. The molecule has 1 aromatic rings. The quantitative estimate of drug-likeness (QED) is 0.909. The molecule has 0 spiro atoms. The standard InChI is InChI=1S/C15H20N4O/c1-12-5-2-7-14(17-12)18-15(20)13-6-3-9-19(11-13)10-4-8-16/h2,5,7,13H,3-4,6,9-11H2,1H3,(H,17,18,20). The molecule has 1 aromatic heterocycles. The van der Waals surface area contributed by atoms with Gasteiger partial charge in [-0.1, -0.05) is 6.07 Å². The number of likely N-dealkylation sites (tertiary alicyclic amines) is 1. The first kappa shape index (κ1) is 14.5. The molecular weight excluding hydrogens is 252 g/mol. The summed E-state index contributed by atoms with van der Waals surface area (Å²) < 4.78 is 0. The van der Waals surface area contributed by atoms with Crippen LogP contribution in [0.1, 0.15) is 25.0 Å². The number of carbonyl (C=O) groups excluding carboxylic acids is 1. The molecule has 1 fully saturated rings. The zero-order chi connectivity index (χ0) is 14.4. The molecule has 1 N–H and O–H groups in total. The summed E-state index contributed by atoms with van der Waals surface area (Å²) in [6.07, 6.45) is 2.43. The molecule has 1 amide bonds. The second-order valence-corrected chi connectivity index (χ2v) is 5.20. The third-order valence-corrected chi connectivity index (χ3v) is 3.56. The fraction of sp³-hybridized carbons (Fsp3) is 0.533. The van der Waals surface area contributed by atoms with Crippen LogP contribution >= 0.6 is 0 Å². The van der Waals surface area contributed by atoms with Crippen molar-refractivity contribution in [2.45, 2.75) is 26.2 Å². The Balaban J connectivity index is 1.90. The Morgan fingerprint density at radius 2 is 2.45 bits per heavy atom. The molecule has 5 nitrogen and oxygen atoms in total. The molecular formula is C15H20N4O. The molecule has 1 unspecified atom stereocenters. The minimum absolute atomic E-state index is 0.00949. The maximum Gasteiger partial charge on any atom is 0.229 e. The number of anilines is 1. The van der Waals surface area contributed by atoms with Crippen LogP contribution in [0.15, 0.2) is 18.2 Å². The van der Waals surface area contributed by atoms with Crippen molar-refractivity contribution in [3.05, 3.63) is 23.9 Å². The average molecular weight is 272 g/mol. The highest BCUT2D eigenvalue weighted by atomic mass is 16.2. The van der Waals surface area contributed by atoms with E-state index in [4.69, 9.17) is 5.26 Å². The van der Waals surface area contributed by atoms with Crippen LogP contribution in [0.25, 0.3) is 0 Å². The number of pyridine rings is 1. The van der Waals surface area contributed by atoms with Crippen LogP contribution in [0.3, 0.4) is 0 Å². The monoisotopic (exact) mass is 272 g/mol. The summed E-state index contributed by atoms with van der Waals surface area (Å²) >= 11 is 0. The molecule has 20 heavy (non-hydrogen) atoms. The normalized spacial score (nSPS) is 19.3. The van der Waals surface area contributed by atoms with E-state index in [1.54, 1.807) is 6.07 Å². The molecule has 0 aliphatic carbocycles. The van der Waals surface area contributed by atoms with E-state index in [2.05, 4.69) is 21.3 Å². The van der Waals surface area contributed by atoms with Gasteiger partial charge in [-0.25, -0.2) is 4.98 Å². The average Bonchev–Trinajstić information content (AvgIpc) is 2.45. The van der Waals surface area contributed by atoms with E-state index < -0.39 is 0 Å². The van der Waals surface area contributed by atoms with Crippen LogP contribution in [0.2, 0.25) is 0 Å². The molecule has 0 saturated carbocycles. The van der Waals surface area contributed by atoms with Gasteiger partial charge >= 0.3 is 0 Å². The molecule has 1 aliphatic rings. The zero-order valence-electron chi connectivity index (χ0n) is 11.8. The molecule has 1 saturated heterocycles. The van der Waals surface area contributed by atoms with Crippen molar-refractivity contribution in [3.63, 3.8) is 0 Å². The molecule has 1 aliphatic heterocycles. The Labute approximate surface area is 119 Å². The Kier molecular flexibility index (Phi) is 5.08. The van der Waals surface area contributed by atoms with Gasteiger partial charge in [-0.05, 0) is 38.4 Å². The van der Waals surface area contributed by atoms with Crippen LogP contribution < -0.4 is 5.32 Å². The van der Waals surface area contributed by atoms with E-state index in [1.165, 1.54) is 0 Å². The minimum atomic E-state index is -0.00949. The van der Waals surface area contributed by atoms with Crippen molar-refractivity contribution in [1.82, 2.24) is 9.88 Å². The van der Waals surface area contributed by atoms with Gasteiger partial charge in [0.2, 0.25) is 5.91 Å². The molecule has 2 heterocycles. The first-order chi connectivity index (χ1) is 9.69. The summed E-state index contributed by atoms with van der Waals surface area (Å²) in [5.74, 6) is 0.638. The summed E-state index contributed by atoms with van der Waals surface area (Å²) in [4.78, 5) is 18.7. The SMILES string of the molecule is Cc1cccc(NC(=O)C2CCCN(CCC#N)C2)n1. The molecule has 0 bridgehead atoms. The lowest BCUT2D eigenvalue weighted by atomic mass is 9.97. The Hall–Kier alpha value is -1.93. The predicted octanol–water partition coefficient (Wildman–Crippen LogP) is 1.95. The number of hydrogen-bond acceptors (Lipinski definition) is 4. The zero-order valence-corrected chi connectivity index (χ0v) is 11.8. The lowest BCUT2D eigenvalue weighted by Crippen LogP contribution is -2.41. The van der Waals surface area contributed by atoms with Crippen LogP contribution in [0, 0.1) is 24.2 Å². The Morgan fingerprint density at radius 3 is 3.20 bits per heavy atom. The number of rotatable bonds is 4. The Bertz CT molecular complexity index is 509. The number of nitriles is 1. The third kappa shape index (κ3) is 4.04. The first-order valence-corrected chi connectivity index (χ1v) is 7.03. The topological polar surface area (TPSA) is 69.0 Å². The lowest BCUT2D eigenvalue weighted by molar-refractivity contribution is -0.121. The Morgan fingerprint density at radius 1 is 1.60 bits per heavy atom. The summed E-state index contributed by atoms with van der Waals surface area (Å²) in [6.45, 7) is 4.37. The van der Waals surface area contributed by atoms with Crippen LogP contribution in [-0.2, 0) is 4.79 Å². The van der Waals surface area contributed by atoms with Gasteiger partial charge in [-0.2, -0.15) is 5.26 Å². The van der Waals surface area contributed by atoms with E-state index in [-0.39, 0.29) is 11.8 Å². The highest BCUT2D eigenvalue weighted by molar-refractivity contribution is 5.91. The molecule has 2 rings (SSSR count). The highest BCUT2D eigenvalue weighted by Gasteiger charge is 2.25. The summed E-state index contributed by atoms with van der Waals surface area (Å²) in [5.41, 5.74) is 0.891. The summed E-state index contributed by atoms with van der Waals surface area (Å²) in [5, 5.41) is 11.5. The van der Waals surface area contributed by atoms with E-state index in [0.717, 1.165) is 38.2 Å². The maximum atomic E-state index is 12.3. The fourth-order valence-corrected chi connectivity index (χ4v) is 2.52. The molecule has 0 aromatic carbocycles. The van der Waals surface area contributed by atoms with Gasteiger partial charge in [0.05, 0.1) is 12.0 Å². The van der Waals surface area contributed by atoms with Crippen LogP contribution in [0.4, 0.5) is 5.82 Å². The largest absolute Gasteiger partial charge is 0.310 e. The number of carbonyl (C=O) groups is 1. The van der Waals surface area contributed by atoms with Crippen molar-refractivity contribution in [3.8, 4) is 6.07 Å². The van der Waals surface area contributed by atoms with Crippen molar-refractivity contribution < 1.29 is 4.79 Å². The van der Waals surface area contributed by atoms with Crippen molar-refractivity contribution in [2.75, 3.05) is 25.0 Å². The van der Waals surface area contributed by atoms with Gasteiger partial charge in [-0.15, -0.1) is 0 Å². The number of aryl methyl sites for hydroxylation is 1. The first-order valence-electron chi connectivity index (χ1n) is 7.03. The maximum absolute atomic E-state index is 12.3.